The van der Waals surface area contributed by atoms with Gasteiger partial charge in [-0.2, -0.15) is 5.26 Å². The number of hydrogen-bond donors (Lipinski definition) is 3. The number of rotatable bonds is 8. The molecule has 37 heavy (non-hydrogen) atoms. The Kier molecular flexibility index (Phi) is 6.33. The van der Waals surface area contributed by atoms with Gasteiger partial charge in [0.05, 0.1) is 41.9 Å². The number of phenolic OH excluding ortho intramolecular Hbond substituents is 2. The highest BCUT2D eigenvalue weighted by Gasteiger charge is 2.44. The summed E-state index contributed by atoms with van der Waals surface area (Å²) in [5.74, 6) is -0.131. The lowest BCUT2D eigenvalue weighted by Gasteiger charge is -2.42. The number of imidazole rings is 1. The maximum atomic E-state index is 11.8. The van der Waals surface area contributed by atoms with Gasteiger partial charge in [-0.25, -0.2) is 9.78 Å². The Hall–Kier alpha value is -3.97. The fourth-order valence-corrected chi connectivity index (χ4v) is 5.24. The van der Waals surface area contributed by atoms with E-state index >= 15 is 0 Å². The minimum atomic E-state index is -1.05. The summed E-state index contributed by atoms with van der Waals surface area (Å²) in [6.07, 6.45) is 2.48. The second-order valence-corrected chi connectivity index (χ2v) is 9.98. The summed E-state index contributed by atoms with van der Waals surface area (Å²) in [5, 5.41) is 39.8. The van der Waals surface area contributed by atoms with Crippen molar-refractivity contribution < 1.29 is 24.9 Å². The number of benzene rings is 2. The maximum absolute atomic E-state index is 11.8. The van der Waals surface area contributed by atoms with E-state index in [1.807, 2.05) is 4.57 Å². The molecule has 2 fully saturated rings. The fraction of sp³-hybridized carbons (Fsp3) is 0.444. The zero-order chi connectivity index (χ0) is 26.3. The Morgan fingerprint density at radius 2 is 2.05 bits per heavy atom. The van der Waals surface area contributed by atoms with Crippen molar-refractivity contribution in [3.63, 3.8) is 0 Å². The van der Waals surface area contributed by atoms with Crippen LogP contribution < -0.4 is 9.64 Å². The molecule has 1 unspecified atom stereocenters. The topological polar surface area (TPSA) is 135 Å². The van der Waals surface area contributed by atoms with Gasteiger partial charge in [-0.05, 0) is 43.5 Å². The minimum absolute atomic E-state index is 0.111. The third-order valence-electron chi connectivity index (χ3n) is 7.67. The summed E-state index contributed by atoms with van der Waals surface area (Å²) >= 11 is 0. The molecule has 1 aliphatic carbocycles. The Balaban J connectivity index is 1.49. The van der Waals surface area contributed by atoms with Crippen LogP contribution in [0, 0.1) is 16.7 Å². The summed E-state index contributed by atoms with van der Waals surface area (Å²) < 4.78 is 7.51. The van der Waals surface area contributed by atoms with E-state index in [1.165, 1.54) is 19.2 Å². The number of phenols is 2. The van der Waals surface area contributed by atoms with E-state index in [4.69, 9.17) is 9.72 Å². The van der Waals surface area contributed by atoms with E-state index in [9.17, 15) is 25.4 Å². The van der Waals surface area contributed by atoms with Gasteiger partial charge in [0.15, 0.2) is 11.5 Å². The number of methoxy groups -OCH3 is 1. The average molecular weight is 506 g/mol. The van der Waals surface area contributed by atoms with Crippen molar-refractivity contribution in [1.29, 1.82) is 5.26 Å². The Morgan fingerprint density at radius 3 is 2.70 bits per heavy atom. The second-order valence-electron chi connectivity index (χ2n) is 9.98. The summed E-state index contributed by atoms with van der Waals surface area (Å²) in [6.45, 7) is 5.13. The first-order valence-corrected chi connectivity index (χ1v) is 12.5. The molecule has 3 aromatic rings. The highest BCUT2D eigenvalue weighted by molar-refractivity contribution is 5.95. The van der Waals surface area contributed by atoms with E-state index in [1.54, 1.807) is 18.2 Å². The van der Waals surface area contributed by atoms with Crippen molar-refractivity contribution in [1.82, 2.24) is 14.5 Å². The van der Waals surface area contributed by atoms with Crippen molar-refractivity contribution in [3.8, 4) is 23.3 Å². The molecule has 5 rings (SSSR count). The van der Waals surface area contributed by atoms with Gasteiger partial charge in [0.2, 0.25) is 0 Å². The summed E-state index contributed by atoms with van der Waals surface area (Å²) in [5.41, 5.74) is 1.52. The first-order valence-electron chi connectivity index (χ1n) is 12.5. The molecule has 2 heterocycles. The molecule has 1 aliphatic heterocycles. The summed E-state index contributed by atoms with van der Waals surface area (Å²) in [6, 6.07) is 10.7. The number of carbonyl (C=O) groups is 1. The third-order valence-corrected chi connectivity index (χ3v) is 7.67. The lowest BCUT2D eigenvalue weighted by molar-refractivity contribution is 0.0696. The number of para-hydroxylation sites is 1. The molecular formula is C27H31N5O5. The molecule has 1 saturated heterocycles. The molecule has 10 heteroatoms. The van der Waals surface area contributed by atoms with Gasteiger partial charge in [0.25, 0.3) is 0 Å². The lowest BCUT2D eigenvalue weighted by Crippen LogP contribution is -2.52. The van der Waals surface area contributed by atoms with Crippen LogP contribution in [0.25, 0.3) is 11.0 Å². The molecule has 2 aliphatic rings. The minimum Gasteiger partial charge on any atom is -0.504 e. The number of aromatic carboxylic acids is 1. The Morgan fingerprint density at radius 1 is 1.27 bits per heavy atom. The van der Waals surface area contributed by atoms with Crippen molar-refractivity contribution in [2.45, 2.75) is 45.3 Å². The molecule has 3 N–H and O–H groups in total. The summed E-state index contributed by atoms with van der Waals surface area (Å²) in [7, 11) is 1.50. The van der Waals surface area contributed by atoms with Crippen molar-refractivity contribution >= 4 is 22.7 Å². The van der Waals surface area contributed by atoms with Crippen LogP contribution in [0.2, 0.25) is 0 Å². The summed E-state index contributed by atoms with van der Waals surface area (Å²) in [4.78, 5) is 21.1. The number of aromatic nitrogens is 2. The van der Waals surface area contributed by atoms with Crippen molar-refractivity contribution in [2.75, 3.05) is 31.6 Å². The predicted octanol–water partition coefficient (Wildman–Crippen LogP) is 3.56. The van der Waals surface area contributed by atoms with E-state index in [-0.39, 0.29) is 23.1 Å². The lowest BCUT2D eigenvalue weighted by atomic mass is 10.1. The Bertz CT molecular complexity index is 1390. The van der Waals surface area contributed by atoms with E-state index in [0.29, 0.717) is 55.2 Å². The first-order chi connectivity index (χ1) is 17.8. The van der Waals surface area contributed by atoms with E-state index in [0.717, 1.165) is 25.1 Å². The van der Waals surface area contributed by atoms with Gasteiger partial charge in [-0.15, -0.1) is 0 Å². The fourth-order valence-electron chi connectivity index (χ4n) is 5.24. The van der Waals surface area contributed by atoms with Crippen LogP contribution in [0.1, 0.15) is 42.4 Å². The van der Waals surface area contributed by atoms with Crippen LogP contribution >= 0.6 is 0 Å². The molecular weight excluding hydrogens is 474 g/mol. The molecule has 10 nitrogen and oxygen atoms in total. The van der Waals surface area contributed by atoms with Gasteiger partial charge in [0.1, 0.15) is 17.1 Å². The average Bonchev–Trinajstić information content (AvgIpc) is 3.60. The van der Waals surface area contributed by atoms with Crippen LogP contribution in [0.3, 0.4) is 0 Å². The zero-order valence-electron chi connectivity index (χ0n) is 21.0. The number of carboxylic acid groups (broad SMARTS) is 1. The molecule has 0 bridgehead atoms. The van der Waals surface area contributed by atoms with Crippen LogP contribution in [0.15, 0.2) is 30.3 Å². The smallest absolute Gasteiger partial charge is 0.335 e. The number of nitriles is 1. The number of carboxylic acids is 1. The third kappa shape index (κ3) is 4.51. The second kappa shape index (κ2) is 9.48. The molecule has 0 amide bonds. The normalized spacial score (nSPS) is 19.1. The number of aromatic hydroxyl groups is 2. The SMILES string of the molecule is CCC1CN(c2cccc(O)c2O)CCN1Cc1nc2c(OC)cc(C(=O)O)cc2n1CC1(C#N)CC1. The van der Waals surface area contributed by atoms with Gasteiger partial charge in [-0.3, -0.25) is 4.90 Å². The number of ether oxygens (including phenoxy) is 1. The number of fused-ring (bicyclic) bond motifs is 1. The number of anilines is 1. The highest BCUT2D eigenvalue weighted by atomic mass is 16.5. The van der Waals surface area contributed by atoms with Crippen LogP contribution in [-0.2, 0) is 13.1 Å². The molecule has 194 valence electrons. The molecule has 0 radical (unpaired) electrons. The van der Waals surface area contributed by atoms with Gasteiger partial charge >= 0.3 is 5.97 Å². The molecule has 1 atom stereocenters. The zero-order valence-corrected chi connectivity index (χ0v) is 21.0. The van der Waals surface area contributed by atoms with Crippen LogP contribution in [0.5, 0.6) is 17.2 Å². The number of nitrogens with zero attached hydrogens (tertiary/aromatic N) is 5. The number of hydrogen-bond acceptors (Lipinski definition) is 8. The quantitative estimate of drug-likeness (QED) is 0.393. The van der Waals surface area contributed by atoms with E-state index < -0.39 is 11.4 Å². The van der Waals surface area contributed by atoms with Gasteiger partial charge in [-0.1, -0.05) is 13.0 Å². The monoisotopic (exact) mass is 505 g/mol. The molecule has 1 aromatic heterocycles. The first kappa shape index (κ1) is 24.7. The predicted molar refractivity (Wildman–Crippen MR) is 137 cm³/mol. The van der Waals surface area contributed by atoms with Gasteiger partial charge in [0, 0.05) is 32.2 Å². The van der Waals surface area contributed by atoms with E-state index in [2.05, 4.69) is 22.8 Å². The molecule has 0 spiro atoms. The van der Waals surface area contributed by atoms with Gasteiger partial charge < -0.3 is 29.5 Å². The van der Waals surface area contributed by atoms with Crippen LogP contribution in [0.4, 0.5) is 5.69 Å². The number of piperazine rings is 1. The highest BCUT2D eigenvalue weighted by Crippen LogP contribution is 2.47. The largest absolute Gasteiger partial charge is 0.504 e. The maximum Gasteiger partial charge on any atom is 0.335 e. The standard InChI is InChI=1S/C27H31N5O5/c1-3-18-13-31(19-5-4-6-21(33)25(19)34)10-9-30(18)14-23-29-24-20(32(23)16-27(15-28)7-8-27)11-17(26(35)36)12-22(24)37-2/h4-6,11-12,18,33-34H,3,7-10,13-14,16H2,1-2H3,(H,35,36). The van der Waals surface area contributed by atoms with Crippen LogP contribution in [-0.4, -0.2) is 68.5 Å². The molecule has 1 saturated carbocycles. The molecule has 2 aromatic carbocycles. The van der Waals surface area contributed by atoms with Crippen molar-refractivity contribution in [3.05, 3.63) is 41.7 Å². The van der Waals surface area contributed by atoms with Crippen molar-refractivity contribution in [2.24, 2.45) is 5.41 Å². The Labute approximate surface area is 214 Å².